The number of nitro groups is 1. The molecule has 0 atom stereocenters. The zero-order valence-corrected chi connectivity index (χ0v) is 11.2. The molecule has 0 aliphatic carbocycles. The molecule has 1 N–H and O–H groups in total. The first-order valence-corrected chi connectivity index (χ1v) is 6.13. The molecule has 0 fully saturated rings. The minimum atomic E-state index is -0.668. The summed E-state index contributed by atoms with van der Waals surface area (Å²) in [7, 11) is 0. The van der Waals surface area contributed by atoms with Crippen LogP contribution >= 0.6 is 15.9 Å². The maximum atomic E-state index is 13.3. The van der Waals surface area contributed by atoms with Crippen molar-refractivity contribution in [3.05, 3.63) is 62.6 Å². The monoisotopic (exact) mass is 325 g/mol. The highest BCUT2D eigenvalue weighted by Crippen LogP contribution is 2.30. The highest BCUT2D eigenvalue weighted by Gasteiger charge is 2.17. The molecule has 0 bridgehead atoms. The van der Waals surface area contributed by atoms with E-state index < -0.39 is 10.7 Å². The van der Waals surface area contributed by atoms with Gasteiger partial charge in [-0.05, 0) is 33.6 Å². The molecule has 0 aliphatic rings. The third-order valence-corrected chi connectivity index (χ3v) is 3.05. The summed E-state index contributed by atoms with van der Waals surface area (Å²) in [4.78, 5) is 14.2. The SMILES string of the molecule is O=[N+]([O-])c1cc(F)c(Br)cc1NCc1cccnc1. The lowest BCUT2D eigenvalue weighted by Gasteiger charge is -2.08. The van der Waals surface area contributed by atoms with Crippen molar-refractivity contribution in [2.45, 2.75) is 6.54 Å². The van der Waals surface area contributed by atoms with Crippen molar-refractivity contribution < 1.29 is 9.31 Å². The average molecular weight is 326 g/mol. The molecule has 0 saturated heterocycles. The first-order chi connectivity index (χ1) is 9.08. The first kappa shape index (κ1) is 13.4. The quantitative estimate of drug-likeness (QED) is 0.690. The Labute approximate surface area is 116 Å². The number of rotatable bonds is 4. The van der Waals surface area contributed by atoms with E-state index in [2.05, 4.69) is 26.2 Å². The van der Waals surface area contributed by atoms with E-state index in [1.54, 1.807) is 18.5 Å². The van der Waals surface area contributed by atoms with Gasteiger partial charge in [0, 0.05) is 18.9 Å². The van der Waals surface area contributed by atoms with E-state index in [-0.39, 0.29) is 15.8 Å². The molecule has 2 rings (SSSR count). The molecule has 19 heavy (non-hydrogen) atoms. The van der Waals surface area contributed by atoms with Gasteiger partial charge in [-0.1, -0.05) is 6.07 Å². The third-order valence-electron chi connectivity index (χ3n) is 2.44. The Kier molecular flexibility index (Phi) is 4.06. The van der Waals surface area contributed by atoms with Gasteiger partial charge in [0.1, 0.15) is 11.5 Å². The Morgan fingerprint density at radius 3 is 2.89 bits per heavy atom. The normalized spacial score (nSPS) is 10.2. The molecular weight excluding hydrogens is 317 g/mol. The van der Waals surface area contributed by atoms with Crippen LogP contribution in [0.5, 0.6) is 0 Å². The number of nitro benzene ring substituents is 1. The first-order valence-electron chi connectivity index (χ1n) is 5.34. The number of hydrogen-bond donors (Lipinski definition) is 1. The molecule has 1 aromatic heterocycles. The van der Waals surface area contributed by atoms with E-state index in [0.29, 0.717) is 6.54 Å². The van der Waals surface area contributed by atoms with Crippen LogP contribution in [0.1, 0.15) is 5.56 Å². The van der Waals surface area contributed by atoms with Crippen molar-refractivity contribution in [1.29, 1.82) is 0 Å². The molecule has 98 valence electrons. The van der Waals surface area contributed by atoms with E-state index in [4.69, 9.17) is 0 Å². The maximum absolute atomic E-state index is 13.3. The average Bonchev–Trinajstić information content (AvgIpc) is 2.40. The zero-order chi connectivity index (χ0) is 13.8. The molecule has 2 aromatic rings. The van der Waals surface area contributed by atoms with Crippen LogP contribution in [-0.4, -0.2) is 9.91 Å². The summed E-state index contributed by atoms with van der Waals surface area (Å²) in [6.07, 6.45) is 3.29. The number of hydrogen-bond acceptors (Lipinski definition) is 4. The lowest BCUT2D eigenvalue weighted by Crippen LogP contribution is -2.03. The minimum absolute atomic E-state index is 0.173. The Bertz CT molecular complexity index is 607. The van der Waals surface area contributed by atoms with Crippen LogP contribution in [0.15, 0.2) is 41.1 Å². The number of aromatic nitrogens is 1. The lowest BCUT2D eigenvalue weighted by atomic mass is 10.2. The Hall–Kier alpha value is -2.02. The second-order valence-electron chi connectivity index (χ2n) is 3.76. The van der Waals surface area contributed by atoms with Gasteiger partial charge < -0.3 is 5.32 Å². The summed E-state index contributed by atoms with van der Waals surface area (Å²) in [5, 5.41) is 13.8. The standard InChI is InChI=1S/C12H9BrFN3O2/c13-9-4-11(12(17(18)19)5-10(9)14)16-7-8-2-1-3-15-6-8/h1-6,16H,7H2. The lowest BCUT2D eigenvalue weighted by molar-refractivity contribution is -0.384. The number of pyridine rings is 1. The van der Waals surface area contributed by atoms with Gasteiger partial charge in [-0.2, -0.15) is 0 Å². The molecule has 7 heteroatoms. The van der Waals surface area contributed by atoms with Gasteiger partial charge in [0.05, 0.1) is 15.5 Å². The summed E-state index contributed by atoms with van der Waals surface area (Å²) < 4.78 is 13.5. The van der Waals surface area contributed by atoms with Crippen LogP contribution in [0.2, 0.25) is 0 Å². The molecule has 0 amide bonds. The maximum Gasteiger partial charge on any atom is 0.295 e. The minimum Gasteiger partial charge on any atom is -0.375 e. The number of halogens is 2. The fourth-order valence-electron chi connectivity index (χ4n) is 1.53. The zero-order valence-electron chi connectivity index (χ0n) is 9.64. The molecular formula is C12H9BrFN3O2. The largest absolute Gasteiger partial charge is 0.375 e. The predicted molar refractivity (Wildman–Crippen MR) is 72.3 cm³/mol. The number of nitrogens with one attached hydrogen (secondary N) is 1. The molecule has 0 radical (unpaired) electrons. The van der Waals surface area contributed by atoms with Gasteiger partial charge in [0.2, 0.25) is 0 Å². The van der Waals surface area contributed by atoms with Crippen molar-refractivity contribution in [2.75, 3.05) is 5.32 Å². The fraction of sp³-hybridized carbons (Fsp3) is 0.0833. The number of benzene rings is 1. The summed E-state index contributed by atoms with van der Waals surface area (Å²) in [5.41, 5.74) is 0.823. The second kappa shape index (κ2) is 5.75. The van der Waals surface area contributed by atoms with Crippen molar-refractivity contribution in [3.8, 4) is 0 Å². The van der Waals surface area contributed by atoms with Gasteiger partial charge in [-0.3, -0.25) is 15.1 Å². The topological polar surface area (TPSA) is 68.1 Å². The van der Waals surface area contributed by atoms with Gasteiger partial charge in [-0.25, -0.2) is 4.39 Å². The van der Waals surface area contributed by atoms with Gasteiger partial charge in [0.25, 0.3) is 5.69 Å². The fourth-order valence-corrected chi connectivity index (χ4v) is 1.87. The number of anilines is 1. The van der Waals surface area contributed by atoms with Crippen LogP contribution in [0.25, 0.3) is 0 Å². The number of nitrogens with zero attached hydrogens (tertiary/aromatic N) is 2. The highest BCUT2D eigenvalue weighted by atomic mass is 79.9. The van der Waals surface area contributed by atoms with E-state index in [1.807, 2.05) is 6.07 Å². The van der Waals surface area contributed by atoms with E-state index in [0.717, 1.165) is 11.6 Å². The predicted octanol–water partition coefficient (Wildman–Crippen LogP) is 3.50. The van der Waals surface area contributed by atoms with E-state index >= 15 is 0 Å². The van der Waals surface area contributed by atoms with Crippen LogP contribution < -0.4 is 5.32 Å². The Morgan fingerprint density at radius 2 is 2.26 bits per heavy atom. The third kappa shape index (κ3) is 3.25. The van der Waals surface area contributed by atoms with Gasteiger partial charge in [0.15, 0.2) is 0 Å². The molecule has 0 unspecified atom stereocenters. The molecule has 1 heterocycles. The Morgan fingerprint density at radius 1 is 1.47 bits per heavy atom. The van der Waals surface area contributed by atoms with Crippen LogP contribution in [-0.2, 0) is 6.54 Å². The van der Waals surface area contributed by atoms with Crippen molar-refractivity contribution in [1.82, 2.24) is 4.98 Å². The van der Waals surface area contributed by atoms with Crippen molar-refractivity contribution in [3.63, 3.8) is 0 Å². The molecule has 1 aromatic carbocycles. The smallest absolute Gasteiger partial charge is 0.295 e. The van der Waals surface area contributed by atoms with Gasteiger partial charge >= 0.3 is 0 Å². The van der Waals surface area contributed by atoms with Crippen LogP contribution in [0.3, 0.4) is 0 Å². The Balaban J connectivity index is 2.24. The second-order valence-corrected chi connectivity index (χ2v) is 4.61. The highest BCUT2D eigenvalue weighted by molar-refractivity contribution is 9.10. The molecule has 0 spiro atoms. The molecule has 0 saturated carbocycles. The van der Waals surface area contributed by atoms with Crippen LogP contribution in [0, 0.1) is 15.9 Å². The summed E-state index contributed by atoms with van der Waals surface area (Å²) in [5.74, 6) is -0.668. The molecule has 0 aliphatic heterocycles. The van der Waals surface area contributed by atoms with Crippen LogP contribution in [0.4, 0.5) is 15.8 Å². The van der Waals surface area contributed by atoms with E-state index in [1.165, 1.54) is 6.07 Å². The summed E-state index contributed by atoms with van der Waals surface area (Å²) >= 11 is 3.01. The summed E-state index contributed by atoms with van der Waals surface area (Å²) in [6.45, 7) is 0.368. The van der Waals surface area contributed by atoms with Crippen molar-refractivity contribution >= 4 is 27.3 Å². The van der Waals surface area contributed by atoms with E-state index in [9.17, 15) is 14.5 Å². The summed E-state index contributed by atoms with van der Waals surface area (Å²) in [6, 6.07) is 5.84. The molecule has 5 nitrogen and oxygen atoms in total. The van der Waals surface area contributed by atoms with Gasteiger partial charge in [-0.15, -0.1) is 0 Å². The van der Waals surface area contributed by atoms with Crippen molar-refractivity contribution in [2.24, 2.45) is 0 Å².